The van der Waals surface area contributed by atoms with Gasteiger partial charge in [0.15, 0.2) is 0 Å². The maximum absolute atomic E-state index is 10.9. The quantitative estimate of drug-likeness (QED) is 0.812. The SMILES string of the molecule is CCOCCCn1c(C)nc2cc(C(=O)O)ccc21. The van der Waals surface area contributed by atoms with Crippen molar-refractivity contribution in [2.45, 2.75) is 26.8 Å². The molecule has 102 valence electrons. The van der Waals surface area contributed by atoms with E-state index < -0.39 is 5.97 Å². The minimum atomic E-state index is -0.926. The van der Waals surface area contributed by atoms with Gasteiger partial charge in [0.1, 0.15) is 5.82 Å². The van der Waals surface area contributed by atoms with E-state index in [1.165, 1.54) is 0 Å². The van der Waals surface area contributed by atoms with Crippen LogP contribution in [0.25, 0.3) is 11.0 Å². The second-order valence-corrected chi connectivity index (χ2v) is 4.37. The standard InChI is InChI=1S/C14H18N2O3/c1-3-19-8-4-7-16-10(2)15-12-9-11(14(17)18)5-6-13(12)16/h5-6,9H,3-4,7-8H2,1-2H3,(H,17,18). The Morgan fingerprint density at radius 1 is 1.47 bits per heavy atom. The largest absolute Gasteiger partial charge is 0.478 e. The molecule has 0 atom stereocenters. The van der Waals surface area contributed by atoms with Crippen LogP contribution >= 0.6 is 0 Å². The molecule has 0 fully saturated rings. The lowest BCUT2D eigenvalue weighted by Gasteiger charge is -2.07. The summed E-state index contributed by atoms with van der Waals surface area (Å²) in [6.45, 7) is 6.19. The van der Waals surface area contributed by atoms with E-state index in [4.69, 9.17) is 9.84 Å². The van der Waals surface area contributed by atoms with Crippen LogP contribution in [0.15, 0.2) is 18.2 Å². The number of aromatic nitrogens is 2. The zero-order valence-corrected chi connectivity index (χ0v) is 11.2. The summed E-state index contributed by atoms with van der Waals surface area (Å²) in [6, 6.07) is 5.05. The lowest BCUT2D eigenvalue weighted by Crippen LogP contribution is -2.04. The lowest BCUT2D eigenvalue weighted by molar-refractivity contribution is 0.0697. The first kappa shape index (κ1) is 13.5. The van der Waals surface area contributed by atoms with Gasteiger partial charge in [-0.25, -0.2) is 9.78 Å². The van der Waals surface area contributed by atoms with Gasteiger partial charge in [-0.3, -0.25) is 0 Å². The first-order valence-electron chi connectivity index (χ1n) is 6.41. The van der Waals surface area contributed by atoms with E-state index in [0.29, 0.717) is 0 Å². The number of hydrogen-bond acceptors (Lipinski definition) is 3. The van der Waals surface area contributed by atoms with Gasteiger partial charge in [-0.1, -0.05) is 0 Å². The fourth-order valence-electron chi connectivity index (χ4n) is 2.13. The van der Waals surface area contributed by atoms with Gasteiger partial charge in [-0.15, -0.1) is 0 Å². The highest BCUT2D eigenvalue weighted by atomic mass is 16.5. The summed E-state index contributed by atoms with van der Waals surface area (Å²) in [4.78, 5) is 15.3. The van der Waals surface area contributed by atoms with Crippen molar-refractivity contribution in [2.24, 2.45) is 0 Å². The first-order chi connectivity index (χ1) is 9.13. The summed E-state index contributed by atoms with van der Waals surface area (Å²) in [5.41, 5.74) is 1.97. The molecule has 0 aliphatic rings. The molecule has 5 nitrogen and oxygen atoms in total. The zero-order valence-electron chi connectivity index (χ0n) is 11.2. The number of nitrogens with zero attached hydrogens (tertiary/aromatic N) is 2. The van der Waals surface area contributed by atoms with Gasteiger partial charge < -0.3 is 14.4 Å². The van der Waals surface area contributed by atoms with Crippen molar-refractivity contribution in [1.29, 1.82) is 0 Å². The zero-order chi connectivity index (χ0) is 13.8. The van der Waals surface area contributed by atoms with Crippen LogP contribution in [0.1, 0.15) is 29.5 Å². The van der Waals surface area contributed by atoms with Gasteiger partial charge in [0.25, 0.3) is 0 Å². The monoisotopic (exact) mass is 262 g/mol. The molecule has 1 N–H and O–H groups in total. The number of fused-ring (bicyclic) bond motifs is 1. The van der Waals surface area contributed by atoms with Crippen molar-refractivity contribution < 1.29 is 14.6 Å². The molecule has 0 bridgehead atoms. The number of carboxylic acids is 1. The minimum absolute atomic E-state index is 0.270. The Morgan fingerprint density at radius 2 is 2.26 bits per heavy atom. The molecule has 0 saturated heterocycles. The number of carbonyl (C=O) groups is 1. The van der Waals surface area contributed by atoms with Crippen molar-refractivity contribution in [1.82, 2.24) is 9.55 Å². The van der Waals surface area contributed by atoms with E-state index in [1.54, 1.807) is 12.1 Å². The van der Waals surface area contributed by atoms with E-state index >= 15 is 0 Å². The molecule has 19 heavy (non-hydrogen) atoms. The summed E-state index contributed by atoms with van der Waals surface area (Å²) in [6.07, 6.45) is 0.917. The molecule has 5 heteroatoms. The minimum Gasteiger partial charge on any atom is -0.478 e. The van der Waals surface area contributed by atoms with Gasteiger partial charge in [-0.05, 0) is 38.5 Å². The van der Waals surface area contributed by atoms with E-state index in [2.05, 4.69) is 9.55 Å². The third kappa shape index (κ3) is 2.93. The number of benzene rings is 1. The average Bonchev–Trinajstić information content (AvgIpc) is 2.69. The number of hydrogen-bond donors (Lipinski definition) is 1. The summed E-state index contributed by atoms with van der Waals surface area (Å²) in [5, 5.41) is 8.97. The Bertz CT molecular complexity index is 590. The molecule has 2 rings (SSSR count). The summed E-state index contributed by atoms with van der Waals surface area (Å²) >= 11 is 0. The van der Waals surface area contributed by atoms with Gasteiger partial charge in [0.05, 0.1) is 16.6 Å². The predicted octanol–water partition coefficient (Wildman–Crippen LogP) is 2.47. The maximum Gasteiger partial charge on any atom is 0.335 e. The first-order valence-corrected chi connectivity index (χ1v) is 6.41. The van der Waals surface area contributed by atoms with Crippen LogP contribution in [-0.2, 0) is 11.3 Å². The Hall–Kier alpha value is -1.88. The highest BCUT2D eigenvalue weighted by Gasteiger charge is 2.10. The molecule has 0 amide bonds. The topological polar surface area (TPSA) is 64.4 Å². The molecule has 0 unspecified atom stereocenters. The summed E-state index contributed by atoms with van der Waals surface area (Å²) in [7, 11) is 0. The normalized spacial score (nSPS) is 11.1. The van der Waals surface area contributed by atoms with E-state index in [1.807, 2.05) is 19.9 Å². The molecule has 1 aromatic carbocycles. The van der Waals surface area contributed by atoms with Crippen LogP contribution in [0.4, 0.5) is 0 Å². The smallest absolute Gasteiger partial charge is 0.335 e. The lowest BCUT2D eigenvalue weighted by atomic mass is 10.2. The number of ether oxygens (including phenoxy) is 1. The van der Waals surface area contributed by atoms with Gasteiger partial charge in [0, 0.05) is 19.8 Å². The van der Waals surface area contributed by atoms with E-state index in [0.717, 1.165) is 43.0 Å². The predicted molar refractivity (Wildman–Crippen MR) is 72.5 cm³/mol. The molecule has 1 aromatic heterocycles. The molecule has 1 heterocycles. The Labute approximate surface area is 111 Å². The van der Waals surface area contributed by atoms with Crippen LogP contribution in [0, 0.1) is 6.92 Å². The van der Waals surface area contributed by atoms with Gasteiger partial charge in [0.2, 0.25) is 0 Å². The molecular formula is C14H18N2O3. The third-order valence-corrected chi connectivity index (χ3v) is 3.06. The van der Waals surface area contributed by atoms with Crippen LogP contribution in [0.5, 0.6) is 0 Å². The second kappa shape index (κ2) is 5.84. The maximum atomic E-state index is 10.9. The van der Waals surface area contributed by atoms with Crippen LogP contribution < -0.4 is 0 Å². The average molecular weight is 262 g/mol. The number of rotatable bonds is 6. The van der Waals surface area contributed by atoms with Crippen molar-refractivity contribution in [3.05, 3.63) is 29.6 Å². The van der Waals surface area contributed by atoms with Crippen molar-refractivity contribution in [3.8, 4) is 0 Å². The fourth-order valence-corrected chi connectivity index (χ4v) is 2.13. The van der Waals surface area contributed by atoms with E-state index in [-0.39, 0.29) is 5.56 Å². The van der Waals surface area contributed by atoms with Crippen LogP contribution in [0.2, 0.25) is 0 Å². The number of imidazole rings is 1. The molecule has 0 radical (unpaired) electrons. The molecule has 2 aromatic rings. The molecule has 0 aliphatic carbocycles. The Balaban J connectivity index is 2.24. The summed E-state index contributed by atoms with van der Waals surface area (Å²) in [5.74, 6) is -0.0283. The highest BCUT2D eigenvalue weighted by molar-refractivity contribution is 5.92. The fraction of sp³-hybridized carbons (Fsp3) is 0.429. The number of carboxylic acid groups (broad SMARTS) is 1. The van der Waals surface area contributed by atoms with Crippen LogP contribution in [-0.4, -0.2) is 33.8 Å². The van der Waals surface area contributed by atoms with Crippen molar-refractivity contribution in [3.63, 3.8) is 0 Å². The highest BCUT2D eigenvalue weighted by Crippen LogP contribution is 2.18. The Kier molecular flexibility index (Phi) is 4.16. The van der Waals surface area contributed by atoms with Crippen LogP contribution in [0.3, 0.4) is 0 Å². The molecule has 0 aliphatic heterocycles. The number of aryl methyl sites for hydroxylation is 2. The van der Waals surface area contributed by atoms with Crippen molar-refractivity contribution in [2.75, 3.05) is 13.2 Å². The van der Waals surface area contributed by atoms with E-state index in [9.17, 15) is 4.79 Å². The molecular weight excluding hydrogens is 244 g/mol. The Morgan fingerprint density at radius 3 is 2.95 bits per heavy atom. The number of aromatic carboxylic acids is 1. The summed E-state index contributed by atoms with van der Waals surface area (Å²) < 4.78 is 7.42. The van der Waals surface area contributed by atoms with Gasteiger partial charge in [-0.2, -0.15) is 0 Å². The van der Waals surface area contributed by atoms with Crippen molar-refractivity contribution >= 4 is 17.0 Å². The second-order valence-electron chi connectivity index (χ2n) is 4.37. The molecule has 0 spiro atoms. The molecule has 0 saturated carbocycles. The third-order valence-electron chi connectivity index (χ3n) is 3.06. The van der Waals surface area contributed by atoms with Gasteiger partial charge >= 0.3 is 5.97 Å².